The van der Waals surface area contributed by atoms with Crippen LogP contribution in [0.5, 0.6) is 0 Å². The first-order chi connectivity index (χ1) is 5.08. The molecule has 1 aliphatic heterocycles. The number of aliphatic hydroxyl groups is 1. The van der Waals surface area contributed by atoms with Crippen molar-refractivity contribution >= 4 is 0 Å². The molecule has 1 saturated heterocycles. The average Bonchev–Trinajstić information content (AvgIpc) is 1.98. The van der Waals surface area contributed by atoms with Crippen molar-refractivity contribution in [3.63, 3.8) is 0 Å². The summed E-state index contributed by atoms with van der Waals surface area (Å²) < 4.78 is 0. The lowest BCUT2D eigenvalue weighted by Crippen LogP contribution is -2.42. The third-order valence-electron chi connectivity index (χ3n) is 2.62. The standard InChI is InChI=1S/C9H17NO/c1-8-4-5-10(3)6-9(8,2)7-11/h11H,1,4-7H2,2-3H3/t9-/m0/s1. The first-order valence-electron chi connectivity index (χ1n) is 4.06. The molecule has 0 spiro atoms. The maximum Gasteiger partial charge on any atom is 0.0534 e. The first-order valence-corrected chi connectivity index (χ1v) is 4.06. The van der Waals surface area contributed by atoms with Crippen molar-refractivity contribution in [2.75, 3.05) is 26.7 Å². The normalized spacial score (nSPS) is 34.3. The van der Waals surface area contributed by atoms with E-state index in [4.69, 9.17) is 5.11 Å². The van der Waals surface area contributed by atoms with Gasteiger partial charge in [-0.3, -0.25) is 0 Å². The molecule has 0 aromatic rings. The van der Waals surface area contributed by atoms with E-state index >= 15 is 0 Å². The molecule has 0 unspecified atom stereocenters. The molecule has 1 aliphatic rings. The Labute approximate surface area is 68.5 Å². The second kappa shape index (κ2) is 2.95. The lowest BCUT2D eigenvalue weighted by molar-refractivity contribution is 0.105. The Bertz CT molecular complexity index is 167. The zero-order valence-electron chi connectivity index (χ0n) is 7.43. The highest BCUT2D eigenvalue weighted by Gasteiger charge is 2.31. The van der Waals surface area contributed by atoms with Crippen LogP contribution in [-0.2, 0) is 0 Å². The van der Waals surface area contributed by atoms with Crippen LogP contribution in [0.4, 0.5) is 0 Å². The summed E-state index contributed by atoms with van der Waals surface area (Å²) in [5.41, 5.74) is 1.13. The summed E-state index contributed by atoms with van der Waals surface area (Å²) in [4.78, 5) is 2.24. The minimum Gasteiger partial charge on any atom is -0.395 e. The lowest BCUT2D eigenvalue weighted by atomic mass is 9.79. The minimum atomic E-state index is -0.0625. The molecular weight excluding hydrogens is 138 g/mol. The maximum absolute atomic E-state index is 9.15. The molecule has 0 saturated carbocycles. The molecule has 64 valence electrons. The van der Waals surface area contributed by atoms with Crippen LogP contribution in [0.1, 0.15) is 13.3 Å². The molecule has 2 heteroatoms. The van der Waals surface area contributed by atoms with Crippen molar-refractivity contribution in [3.05, 3.63) is 12.2 Å². The summed E-state index contributed by atoms with van der Waals surface area (Å²) in [7, 11) is 2.08. The highest BCUT2D eigenvalue weighted by atomic mass is 16.3. The predicted octanol–water partition coefficient (Wildman–Crippen LogP) is 0.877. The Balaban J connectivity index is 2.68. The van der Waals surface area contributed by atoms with E-state index in [1.807, 2.05) is 0 Å². The topological polar surface area (TPSA) is 23.5 Å². The molecule has 0 aromatic carbocycles. The van der Waals surface area contributed by atoms with E-state index in [2.05, 4.69) is 25.5 Å². The number of rotatable bonds is 1. The van der Waals surface area contributed by atoms with Gasteiger partial charge in [0.1, 0.15) is 0 Å². The van der Waals surface area contributed by atoms with Crippen molar-refractivity contribution < 1.29 is 5.11 Å². The van der Waals surface area contributed by atoms with Gasteiger partial charge in [0, 0.05) is 18.5 Å². The molecule has 1 atom stereocenters. The summed E-state index contributed by atoms with van der Waals surface area (Å²) in [6, 6.07) is 0. The number of likely N-dealkylation sites (tertiary alicyclic amines) is 1. The minimum absolute atomic E-state index is 0.0625. The van der Waals surface area contributed by atoms with Gasteiger partial charge >= 0.3 is 0 Å². The largest absolute Gasteiger partial charge is 0.395 e. The van der Waals surface area contributed by atoms with E-state index in [1.165, 1.54) is 5.57 Å². The summed E-state index contributed by atoms with van der Waals surface area (Å²) >= 11 is 0. The zero-order chi connectivity index (χ0) is 8.48. The van der Waals surface area contributed by atoms with Gasteiger partial charge < -0.3 is 10.0 Å². The predicted molar refractivity (Wildman–Crippen MR) is 46.4 cm³/mol. The number of piperidine rings is 1. The summed E-state index contributed by atoms with van der Waals surface area (Å²) in [6.45, 7) is 8.29. The van der Waals surface area contributed by atoms with Crippen LogP contribution in [0.2, 0.25) is 0 Å². The zero-order valence-corrected chi connectivity index (χ0v) is 7.43. The number of nitrogens with zero attached hydrogens (tertiary/aromatic N) is 1. The molecule has 0 aliphatic carbocycles. The Morgan fingerprint density at radius 2 is 2.36 bits per heavy atom. The SMILES string of the molecule is C=C1CCN(C)C[C@@]1(C)CO. The molecular formula is C9H17NO. The number of hydrogen-bond acceptors (Lipinski definition) is 2. The lowest BCUT2D eigenvalue weighted by Gasteiger charge is -2.39. The summed E-state index contributed by atoms with van der Waals surface area (Å²) in [6.07, 6.45) is 1.02. The molecule has 0 radical (unpaired) electrons. The molecule has 0 bridgehead atoms. The van der Waals surface area contributed by atoms with Crippen LogP contribution in [0.15, 0.2) is 12.2 Å². The Morgan fingerprint density at radius 1 is 1.73 bits per heavy atom. The van der Waals surface area contributed by atoms with Gasteiger partial charge in [0.25, 0.3) is 0 Å². The van der Waals surface area contributed by atoms with E-state index in [0.717, 1.165) is 19.5 Å². The van der Waals surface area contributed by atoms with Gasteiger partial charge in [-0.15, -0.1) is 0 Å². The first kappa shape index (κ1) is 8.75. The van der Waals surface area contributed by atoms with Crippen molar-refractivity contribution in [3.8, 4) is 0 Å². The molecule has 0 amide bonds. The molecule has 2 nitrogen and oxygen atoms in total. The highest BCUT2D eigenvalue weighted by Crippen LogP contribution is 2.32. The molecule has 1 fully saturated rings. The molecule has 11 heavy (non-hydrogen) atoms. The van der Waals surface area contributed by atoms with Gasteiger partial charge in [-0.05, 0) is 13.5 Å². The van der Waals surface area contributed by atoms with E-state index in [0.29, 0.717) is 0 Å². The number of hydrogen-bond donors (Lipinski definition) is 1. The van der Waals surface area contributed by atoms with Crippen LogP contribution >= 0.6 is 0 Å². The fraction of sp³-hybridized carbons (Fsp3) is 0.778. The summed E-state index contributed by atoms with van der Waals surface area (Å²) in [5.74, 6) is 0. The monoisotopic (exact) mass is 155 g/mol. The van der Waals surface area contributed by atoms with E-state index in [-0.39, 0.29) is 12.0 Å². The second-order valence-corrected chi connectivity index (χ2v) is 3.81. The molecule has 1 rings (SSSR count). The molecule has 0 aromatic heterocycles. The third kappa shape index (κ3) is 1.63. The summed E-state index contributed by atoms with van der Waals surface area (Å²) in [5, 5.41) is 9.15. The van der Waals surface area contributed by atoms with Gasteiger partial charge in [0.15, 0.2) is 0 Å². The fourth-order valence-corrected chi connectivity index (χ4v) is 1.58. The Hall–Kier alpha value is -0.340. The van der Waals surface area contributed by atoms with Gasteiger partial charge in [-0.1, -0.05) is 19.1 Å². The molecule has 1 N–H and O–H groups in total. The van der Waals surface area contributed by atoms with E-state index < -0.39 is 0 Å². The van der Waals surface area contributed by atoms with Gasteiger partial charge in [0.2, 0.25) is 0 Å². The average molecular weight is 155 g/mol. The van der Waals surface area contributed by atoms with Gasteiger partial charge in [0.05, 0.1) is 6.61 Å². The van der Waals surface area contributed by atoms with Crippen LogP contribution in [0.3, 0.4) is 0 Å². The quantitative estimate of drug-likeness (QED) is 0.568. The second-order valence-electron chi connectivity index (χ2n) is 3.81. The van der Waals surface area contributed by atoms with Crippen molar-refractivity contribution in [2.24, 2.45) is 5.41 Å². The number of aliphatic hydroxyl groups excluding tert-OH is 1. The van der Waals surface area contributed by atoms with E-state index in [9.17, 15) is 0 Å². The third-order valence-corrected chi connectivity index (χ3v) is 2.62. The smallest absolute Gasteiger partial charge is 0.0534 e. The van der Waals surface area contributed by atoms with Crippen molar-refractivity contribution in [1.29, 1.82) is 0 Å². The van der Waals surface area contributed by atoms with Crippen molar-refractivity contribution in [2.45, 2.75) is 13.3 Å². The van der Waals surface area contributed by atoms with E-state index in [1.54, 1.807) is 0 Å². The Kier molecular flexibility index (Phi) is 2.35. The molecule has 1 heterocycles. The van der Waals surface area contributed by atoms with Crippen molar-refractivity contribution in [1.82, 2.24) is 4.90 Å². The van der Waals surface area contributed by atoms with Gasteiger partial charge in [-0.25, -0.2) is 0 Å². The Morgan fingerprint density at radius 3 is 2.82 bits per heavy atom. The van der Waals surface area contributed by atoms with Crippen LogP contribution in [-0.4, -0.2) is 36.8 Å². The highest BCUT2D eigenvalue weighted by molar-refractivity contribution is 5.13. The maximum atomic E-state index is 9.15. The van der Waals surface area contributed by atoms with Gasteiger partial charge in [-0.2, -0.15) is 0 Å². The fourth-order valence-electron chi connectivity index (χ4n) is 1.58. The van der Waals surface area contributed by atoms with Crippen LogP contribution in [0.25, 0.3) is 0 Å². The van der Waals surface area contributed by atoms with Crippen LogP contribution < -0.4 is 0 Å². The van der Waals surface area contributed by atoms with Crippen LogP contribution in [0, 0.1) is 5.41 Å².